The van der Waals surface area contributed by atoms with Gasteiger partial charge < -0.3 is 11.1 Å². The van der Waals surface area contributed by atoms with Crippen LogP contribution in [0.4, 0.5) is 5.69 Å². The zero-order valence-corrected chi connectivity index (χ0v) is 12.8. The van der Waals surface area contributed by atoms with E-state index in [1.165, 1.54) is 0 Å². The van der Waals surface area contributed by atoms with Gasteiger partial charge in [0.2, 0.25) is 0 Å². The predicted octanol–water partition coefficient (Wildman–Crippen LogP) is 1.92. The van der Waals surface area contributed by atoms with Crippen molar-refractivity contribution in [2.45, 2.75) is 19.4 Å². The first kappa shape index (κ1) is 15.2. The number of nitrogens with two attached hydrogens (primary N) is 1. The van der Waals surface area contributed by atoms with Gasteiger partial charge in [-0.25, -0.2) is 0 Å². The SMILES string of the molecule is CC(CCS(C)=O)NC(=O)c1cccc(N)c1Br. The number of carbonyl (C=O) groups is 1. The molecule has 0 aliphatic rings. The summed E-state index contributed by atoms with van der Waals surface area (Å²) >= 11 is 3.30. The number of amides is 1. The summed E-state index contributed by atoms with van der Waals surface area (Å²) in [5, 5.41) is 2.86. The monoisotopic (exact) mass is 332 g/mol. The third kappa shape index (κ3) is 4.42. The van der Waals surface area contributed by atoms with Gasteiger partial charge in [0.1, 0.15) is 0 Å². The van der Waals surface area contributed by atoms with Crippen LogP contribution in [0.2, 0.25) is 0 Å². The first-order chi connectivity index (χ1) is 8.41. The molecule has 2 unspecified atom stereocenters. The van der Waals surface area contributed by atoms with Crippen molar-refractivity contribution in [3.63, 3.8) is 0 Å². The van der Waals surface area contributed by atoms with Crippen molar-refractivity contribution in [2.75, 3.05) is 17.7 Å². The van der Waals surface area contributed by atoms with Crippen LogP contribution in [-0.4, -0.2) is 28.2 Å². The normalized spacial score (nSPS) is 13.9. The number of benzene rings is 1. The fourth-order valence-electron chi connectivity index (χ4n) is 1.44. The number of nitrogen functional groups attached to an aromatic ring is 1. The maximum absolute atomic E-state index is 12.0. The molecule has 6 heteroatoms. The van der Waals surface area contributed by atoms with Gasteiger partial charge in [0.25, 0.3) is 5.91 Å². The van der Waals surface area contributed by atoms with Crippen LogP contribution in [0.15, 0.2) is 22.7 Å². The van der Waals surface area contributed by atoms with Crippen molar-refractivity contribution < 1.29 is 9.00 Å². The van der Waals surface area contributed by atoms with E-state index in [-0.39, 0.29) is 11.9 Å². The molecule has 2 atom stereocenters. The fraction of sp³-hybridized carbons (Fsp3) is 0.417. The summed E-state index contributed by atoms with van der Waals surface area (Å²) in [6.45, 7) is 1.89. The molecule has 0 saturated carbocycles. The summed E-state index contributed by atoms with van der Waals surface area (Å²) in [4.78, 5) is 12.0. The second-order valence-corrected chi connectivity index (χ2v) is 6.50. The Kier molecular flexibility index (Phi) is 5.81. The lowest BCUT2D eigenvalue weighted by Crippen LogP contribution is -2.33. The molecule has 1 amide bonds. The van der Waals surface area contributed by atoms with E-state index in [4.69, 9.17) is 5.73 Å². The average Bonchev–Trinajstić information content (AvgIpc) is 2.30. The Balaban J connectivity index is 2.65. The molecule has 0 saturated heterocycles. The molecule has 0 aliphatic heterocycles. The molecule has 0 aliphatic carbocycles. The topological polar surface area (TPSA) is 72.2 Å². The molecule has 1 aromatic rings. The smallest absolute Gasteiger partial charge is 0.252 e. The first-order valence-electron chi connectivity index (χ1n) is 5.56. The number of halogens is 1. The van der Waals surface area contributed by atoms with Crippen molar-refractivity contribution in [3.05, 3.63) is 28.2 Å². The Bertz CT molecular complexity index is 465. The van der Waals surface area contributed by atoms with Gasteiger partial charge in [-0.05, 0) is 41.4 Å². The number of hydrogen-bond acceptors (Lipinski definition) is 3. The third-order valence-corrected chi connectivity index (χ3v) is 4.18. The summed E-state index contributed by atoms with van der Waals surface area (Å²) in [7, 11) is -0.834. The van der Waals surface area contributed by atoms with E-state index in [0.29, 0.717) is 27.9 Å². The number of hydrogen-bond donors (Lipinski definition) is 2. The Hall–Kier alpha value is -0.880. The van der Waals surface area contributed by atoms with Crippen LogP contribution in [0.25, 0.3) is 0 Å². The van der Waals surface area contributed by atoms with E-state index in [1.54, 1.807) is 24.5 Å². The highest BCUT2D eigenvalue weighted by molar-refractivity contribution is 9.10. The largest absolute Gasteiger partial charge is 0.398 e. The molecule has 0 spiro atoms. The molecule has 100 valence electrons. The quantitative estimate of drug-likeness (QED) is 0.809. The Labute approximate surface area is 118 Å². The molecule has 0 radical (unpaired) electrons. The van der Waals surface area contributed by atoms with Crippen LogP contribution < -0.4 is 11.1 Å². The lowest BCUT2D eigenvalue weighted by Gasteiger charge is -2.14. The second kappa shape index (κ2) is 6.89. The van der Waals surface area contributed by atoms with Crippen LogP contribution in [0, 0.1) is 0 Å². The molecule has 18 heavy (non-hydrogen) atoms. The molecule has 0 heterocycles. The van der Waals surface area contributed by atoms with E-state index in [2.05, 4.69) is 21.2 Å². The molecular weight excluding hydrogens is 316 g/mol. The van der Waals surface area contributed by atoms with Crippen molar-refractivity contribution in [2.24, 2.45) is 0 Å². The van der Waals surface area contributed by atoms with Crippen LogP contribution in [-0.2, 0) is 10.8 Å². The number of nitrogens with one attached hydrogen (secondary N) is 1. The number of anilines is 1. The minimum absolute atomic E-state index is 0.0188. The van der Waals surface area contributed by atoms with Gasteiger partial charge in [0.05, 0.1) is 10.0 Å². The summed E-state index contributed by atoms with van der Waals surface area (Å²) in [6.07, 6.45) is 2.35. The maximum atomic E-state index is 12.0. The summed E-state index contributed by atoms with van der Waals surface area (Å²) in [5.41, 5.74) is 6.77. The summed E-state index contributed by atoms with van der Waals surface area (Å²) < 4.78 is 11.6. The Morgan fingerprint density at radius 1 is 1.56 bits per heavy atom. The summed E-state index contributed by atoms with van der Waals surface area (Å²) in [6, 6.07) is 5.15. The Morgan fingerprint density at radius 2 is 2.22 bits per heavy atom. The van der Waals surface area contributed by atoms with Gasteiger partial charge in [-0.15, -0.1) is 0 Å². The number of carbonyl (C=O) groups excluding carboxylic acids is 1. The van der Waals surface area contributed by atoms with E-state index >= 15 is 0 Å². The van der Waals surface area contributed by atoms with Gasteiger partial charge in [0.15, 0.2) is 0 Å². The van der Waals surface area contributed by atoms with E-state index in [9.17, 15) is 9.00 Å². The van der Waals surface area contributed by atoms with Gasteiger partial charge >= 0.3 is 0 Å². The highest BCUT2D eigenvalue weighted by Gasteiger charge is 2.14. The highest BCUT2D eigenvalue weighted by atomic mass is 79.9. The molecule has 0 bridgehead atoms. The lowest BCUT2D eigenvalue weighted by atomic mass is 10.1. The van der Waals surface area contributed by atoms with Crippen LogP contribution >= 0.6 is 15.9 Å². The molecule has 0 fully saturated rings. The van der Waals surface area contributed by atoms with Gasteiger partial charge in [0, 0.05) is 34.5 Å². The van der Waals surface area contributed by atoms with Crippen molar-refractivity contribution >= 4 is 38.3 Å². The zero-order valence-electron chi connectivity index (χ0n) is 10.4. The molecule has 1 rings (SSSR count). The van der Waals surface area contributed by atoms with Gasteiger partial charge in [-0.2, -0.15) is 0 Å². The molecule has 0 aromatic heterocycles. The highest BCUT2D eigenvalue weighted by Crippen LogP contribution is 2.23. The van der Waals surface area contributed by atoms with Gasteiger partial charge in [-0.1, -0.05) is 6.07 Å². The van der Waals surface area contributed by atoms with E-state index in [0.717, 1.165) is 0 Å². The van der Waals surface area contributed by atoms with Crippen molar-refractivity contribution in [1.82, 2.24) is 5.32 Å². The lowest BCUT2D eigenvalue weighted by molar-refractivity contribution is 0.0938. The van der Waals surface area contributed by atoms with E-state index < -0.39 is 10.8 Å². The van der Waals surface area contributed by atoms with Crippen LogP contribution in [0.5, 0.6) is 0 Å². The zero-order chi connectivity index (χ0) is 13.7. The predicted molar refractivity (Wildman–Crippen MR) is 79.0 cm³/mol. The second-order valence-electron chi connectivity index (χ2n) is 4.15. The summed E-state index contributed by atoms with van der Waals surface area (Å²) in [5.74, 6) is 0.406. The molecule has 4 nitrogen and oxygen atoms in total. The van der Waals surface area contributed by atoms with Crippen molar-refractivity contribution in [3.8, 4) is 0 Å². The molecule has 3 N–H and O–H groups in total. The fourth-order valence-corrected chi connectivity index (χ4v) is 2.57. The molecule has 1 aromatic carbocycles. The van der Waals surface area contributed by atoms with Crippen molar-refractivity contribution in [1.29, 1.82) is 0 Å². The molecular formula is C12H17BrN2O2S. The van der Waals surface area contributed by atoms with Crippen LogP contribution in [0.3, 0.4) is 0 Å². The van der Waals surface area contributed by atoms with Gasteiger partial charge in [-0.3, -0.25) is 9.00 Å². The standard InChI is InChI=1S/C12H17BrN2O2S/c1-8(6-7-18(2)17)15-12(16)9-4-3-5-10(14)11(9)13/h3-5,8H,6-7,14H2,1-2H3,(H,15,16). The maximum Gasteiger partial charge on any atom is 0.252 e. The third-order valence-electron chi connectivity index (χ3n) is 2.49. The minimum atomic E-state index is -0.834. The first-order valence-corrected chi connectivity index (χ1v) is 8.08. The van der Waals surface area contributed by atoms with E-state index in [1.807, 2.05) is 6.92 Å². The average molecular weight is 333 g/mol. The minimum Gasteiger partial charge on any atom is -0.398 e. The van der Waals surface area contributed by atoms with Crippen LogP contribution in [0.1, 0.15) is 23.7 Å². The number of rotatable bonds is 5. The Morgan fingerprint density at radius 3 is 2.83 bits per heavy atom.